The third-order valence-electron chi connectivity index (χ3n) is 5.60. The summed E-state index contributed by atoms with van der Waals surface area (Å²) in [5.74, 6) is -0.598. The average Bonchev–Trinajstić information content (AvgIpc) is 3.10. The molecule has 1 aromatic carbocycles. The number of imidazole rings is 1. The molecule has 1 atom stereocenters. The van der Waals surface area contributed by atoms with Crippen LogP contribution in [0.4, 0.5) is 13.2 Å². The van der Waals surface area contributed by atoms with Gasteiger partial charge in [0.25, 0.3) is 0 Å². The summed E-state index contributed by atoms with van der Waals surface area (Å²) in [6.45, 7) is 12.7. The van der Waals surface area contributed by atoms with E-state index in [1.165, 1.54) is 18.6 Å². The van der Waals surface area contributed by atoms with E-state index in [2.05, 4.69) is 43.6 Å². The first-order valence-electron chi connectivity index (χ1n) is 9.64. The SMILES string of the molecule is COC(=O)C(C)n1cc(C(F)(F)F)nc1-c1ccc(CO[Si](C)(C)C(C)(C)C)cc1. The van der Waals surface area contributed by atoms with E-state index in [0.29, 0.717) is 12.2 Å². The Balaban J connectivity index is 2.33. The van der Waals surface area contributed by atoms with Crippen LogP contribution in [0, 0.1) is 0 Å². The molecule has 9 heteroatoms. The van der Waals surface area contributed by atoms with Crippen molar-refractivity contribution in [2.24, 2.45) is 0 Å². The molecule has 0 N–H and O–H groups in total. The molecule has 0 saturated carbocycles. The zero-order valence-corrected chi connectivity index (χ0v) is 19.4. The molecule has 5 nitrogen and oxygen atoms in total. The predicted octanol–water partition coefficient (Wildman–Crippen LogP) is 5.82. The van der Waals surface area contributed by atoms with Gasteiger partial charge in [0.2, 0.25) is 0 Å². The molecule has 1 heterocycles. The molecular weight excluding hydrogens is 413 g/mol. The predicted molar refractivity (Wildman–Crippen MR) is 111 cm³/mol. The van der Waals surface area contributed by atoms with Gasteiger partial charge in [0.15, 0.2) is 14.0 Å². The van der Waals surface area contributed by atoms with Crippen LogP contribution in [-0.2, 0) is 26.7 Å². The number of esters is 1. The number of aromatic nitrogens is 2. The van der Waals surface area contributed by atoms with Gasteiger partial charge in [-0.2, -0.15) is 13.2 Å². The first-order valence-corrected chi connectivity index (χ1v) is 12.6. The van der Waals surface area contributed by atoms with E-state index >= 15 is 0 Å². The number of ether oxygens (including phenoxy) is 1. The Morgan fingerprint density at radius 2 is 1.73 bits per heavy atom. The van der Waals surface area contributed by atoms with Crippen LogP contribution >= 0.6 is 0 Å². The normalized spacial score (nSPS) is 13.9. The molecule has 0 aliphatic rings. The minimum Gasteiger partial charge on any atom is -0.467 e. The lowest BCUT2D eigenvalue weighted by Gasteiger charge is -2.36. The van der Waals surface area contributed by atoms with Gasteiger partial charge in [0.1, 0.15) is 11.9 Å². The van der Waals surface area contributed by atoms with Crippen molar-refractivity contribution in [2.45, 2.75) is 64.7 Å². The van der Waals surface area contributed by atoms with Crippen LogP contribution in [-0.4, -0.2) is 30.9 Å². The van der Waals surface area contributed by atoms with Crippen molar-refractivity contribution in [3.63, 3.8) is 0 Å². The van der Waals surface area contributed by atoms with Gasteiger partial charge in [-0.1, -0.05) is 45.0 Å². The average molecular weight is 443 g/mol. The molecule has 0 fully saturated rings. The number of carbonyl (C=O) groups is 1. The Kier molecular flexibility index (Phi) is 6.88. The second kappa shape index (κ2) is 8.54. The van der Waals surface area contributed by atoms with Gasteiger partial charge in [-0.25, -0.2) is 9.78 Å². The highest BCUT2D eigenvalue weighted by molar-refractivity contribution is 6.74. The summed E-state index contributed by atoms with van der Waals surface area (Å²) < 4.78 is 51.7. The lowest BCUT2D eigenvalue weighted by molar-refractivity contribution is -0.144. The second-order valence-corrected chi connectivity index (χ2v) is 13.6. The summed E-state index contributed by atoms with van der Waals surface area (Å²) in [6, 6.07) is 6.03. The molecule has 0 spiro atoms. The van der Waals surface area contributed by atoms with E-state index in [1.54, 1.807) is 24.3 Å². The summed E-state index contributed by atoms with van der Waals surface area (Å²) in [7, 11) is -0.725. The van der Waals surface area contributed by atoms with Gasteiger partial charge in [0.05, 0.1) is 13.7 Å². The molecule has 0 aliphatic carbocycles. The van der Waals surface area contributed by atoms with E-state index in [1.807, 2.05) is 0 Å². The minimum absolute atomic E-state index is 0.0529. The van der Waals surface area contributed by atoms with Crippen molar-refractivity contribution in [2.75, 3.05) is 7.11 Å². The lowest BCUT2D eigenvalue weighted by atomic mass is 10.1. The summed E-state index contributed by atoms with van der Waals surface area (Å²) in [5, 5.41) is 0.0791. The quantitative estimate of drug-likeness (QED) is 0.418. The molecule has 166 valence electrons. The number of hydrogen-bond acceptors (Lipinski definition) is 4. The largest absolute Gasteiger partial charge is 0.467 e. The molecule has 0 radical (unpaired) electrons. The molecule has 0 amide bonds. The van der Waals surface area contributed by atoms with Crippen molar-refractivity contribution >= 4 is 14.3 Å². The number of benzene rings is 1. The third-order valence-corrected chi connectivity index (χ3v) is 10.1. The van der Waals surface area contributed by atoms with Crippen molar-refractivity contribution in [3.05, 3.63) is 41.7 Å². The molecule has 2 aromatic rings. The van der Waals surface area contributed by atoms with E-state index in [4.69, 9.17) is 4.43 Å². The van der Waals surface area contributed by atoms with Crippen LogP contribution in [0.15, 0.2) is 30.5 Å². The molecular formula is C21H29F3N2O3Si. The molecule has 1 aromatic heterocycles. The Bertz CT molecular complexity index is 884. The van der Waals surface area contributed by atoms with Crippen LogP contribution in [0.25, 0.3) is 11.4 Å². The Hall–Kier alpha value is -2.13. The number of carbonyl (C=O) groups excluding carboxylic acids is 1. The van der Waals surface area contributed by atoms with Crippen molar-refractivity contribution in [3.8, 4) is 11.4 Å². The highest BCUT2D eigenvalue weighted by Crippen LogP contribution is 2.37. The highest BCUT2D eigenvalue weighted by Gasteiger charge is 2.37. The molecule has 0 saturated heterocycles. The molecule has 0 bridgehead atoms. The van der Waals surface area contributed by atoms with Gasteiger partial charge in [-0.3, -0.25) is 0 Å². The summed E-state index contributed by atoms with van der Waals surface area (Å²) >= 11 is 0. The first-order chi connectivity index (χ1) is 13.7. The van der Waals surface area contributed by atoms with E-state index in [-0.39, 0.29) is 10.9 Å². The maximum atomic E-state index is 13.2. The maximum absolute atomic E-state index is 13.2. The van der Waals surface area contributed by atoms with Crippen LogP contribution in [0.2, 0.25) is 18.1 Å². The summed E-state index contributed by atoms with van der Waals surface area (Å²) in [4.78, 5) is 15.6. The molecule has 30 heavy (non-hydrogen) atoms. The van der Waals surface area contributed by atoms with Crippen LogP contribution in [0.5, 0.6) is 0 Å². The zero-order valence-electron chi connectivity index (χ0n) is 18.4. The van der Waals surface area contributed by atoms with Crippen LogP contribution in [0.3, 0.4) is 0 Å². The van der Waals surface area contributed by atoms with Crippen LogP contribution < -0.4 is 0 Å². The van der Waals surface area contributed by atoms with Gasteiger partial charge in [-0.05, 0) is 30.6 Å². The molecule has 1 unspecified atom stereocenters. The minimum atomic E-state index is -4.62. The fourth-order valence-electron chi connectivity index (χ4n) is 2.55. The number of rotatable bonds is 6. The van der Waals surface area contributed by atoms with Crippen molar-refractivity contribution < 1.29 is 27.1 Å². The number of nitrogens with zero attached hydrogens (tertiary/aromatic N) is 2. The van der Waals surface area contributed by atoms with Gasteiger partial charge in [-0.15, -0.1) is 0 Å². The fraction of sp³-hybridized carbons (Fsp3) is 0.524. The fourth-order valence-corrected chi connectivity index (χ4v) is 3.51. The van der Waals surface area contributed by atoms with E-state index < -0.39 is 32.2 Å². The lowest BCUT2D eigenvalue weighted by Crippen LogP contribution is -2.40. The van der Waals surface area contributed by atoms with Crippen molar-refractivity contribution in [1.29, 1.82) is 0 Å². The third kappa shape index (κ3) is 5.31. The van der Waals surface area contributed by atoms with Gasteiger partial charge < -0.3 is 13.7 Å². The monoisotopic (exact) mass is 442 g/mol. The number of alkyl halides is 3. The topological polar surface area (TPSA) is 53.4 Å². The first kappa shape index (κ1) is 24.1. The molecule has 0 aliphatic heterocycles. The van der Waals surface area contributed by atoms with E-state index in [9.17, 15) is 18.0 Å². The Morgan fingerprint density at radius 3 is 2.20 bits per heavy atom. The smallest absolute Gasteiger partial charge is 0.434 e. The van der Waals surface area contributed by atoms with E-state index in [0.717, 1.165) is 11.8 Å². The molecule has 2 rings (SSSR count). The van der Waals surface area contributed by atoms with Gasteiger partial charge in [0, 0.05) is 11.8 Å². The van der Waals surface area contributed by atoms with Crippen LogP contribution in [0.1, 0.15) is 45.0 Å². The maximum Gasteiger partial charge on any atom is 0.434 e. The van der Waals surface area contributed by atoms with Crippen molar-refractivity contribution in [1.82, 2.24) is 9.55 Å². The van der Waals surface area contributed by atoms with Gasteiger partial charge >= 0.3 is 12.1 Å². The second-order valence-electron chi connectivity index (χ2n) is 8.80. The number of methoxy groups -OCH3 is 1. The Morgan fingerprint density at radius 1 is 1.17 bits per heavy atom. The Labute approximate surface area is 176 Å². The summed E-state index contributed by atoms with van der Waals surface area (Å²) in [5.41, 5.74) is 0.328. The standard InChI is InChI=1S/C21H29F3N2O3Si/c1-14(19(27)28-5)26-12-17(21(22,23)24)25-18(26)16-10-8-15(9-11-16)13-29-30(6,7)20(2,3)4/h8-12,14H,13H2,1-7H3. The number of hydrogen-bond donors (Lipinski definition) is 0. The summed E-state index contributed by atoms with van der Waals surface area (Å²) in [6.07, 6.45) is -3.78. The number of halogens is 3. The highest BCUT2D eigenvalue weighted by atomic mass is 28.4. The zero-order chi connectivity index (χ0) is 22.9.